The van der Waals surface area contributed by atoms with Gasteiger partial charge in [0, 0.05) is 24.1 Å². The van der Waals surface area contributed by atoms with Crippen molar-refractivity contribution in [2.75, 3.05) is 6.54 Å². The number of carbonyl (C=O) groups is 1. The quantitative estimate of drug-likeness (QED) is 0.880. The van der Waals surface area contributed by atoms with E-state index in [0.717, 1.165) is 37.6 Å². The summed E-state index contributed by atoms with van der Waals surface area (Å²) in [6, 6.07) is 3.56. The second kappa shape index (κ2) is 6.10. The van der Waals surface area contributed by atoms with Crippen LogP contribution in [-0.2, 0) is 11.3 Å². The normalized spacial score (nSPS) is 23.1. The average Bonchev–Trinajstić information content (AvgIpc) is 2.39. The Labute approximate surface area is 111 Å². The van der Waals surface area contributed by atoms with Crippen molar-refractivity contribution in [2.45, 2.75) is 32.4 Å². The smallest absolute Gasteiger partial charge is 0.223 e. The van der Waals surface area contributed by atoms with Crippen molar-refractivity contribution in [3.63, 3.8) is 0 Å². The van der Waals surface area contributed by atoms with E-state index in [-0.39, 0.29) is 23.9 Å². The van der Waals surface area contributed by atoms with Crippen LogP contribution in [-0.4, -0.2) is 18.5 Å². The Balaban J connectivity index is 1.91. The Bertz CT molecular complexity index is 465. The average molecular weight is 268 g/mol. The first-order valence-corrected chi connectivity index (χ1v) is 6.51. The van der Waals surface area contributed by atoms with E-state index in [0.29, 0.717) is 6.04 Å². The molecule has 2 N–H and O–H groups in total. The minimum atomic E-state index is -0.500. The number of benzene rings is 1. The van der Waals surface area contributed by atoms with Crippen molar-refractivity contribution in [3.8, 4) is 0 Å². The van der Waals surface area contributed by atoms with Crippen LogP contribution in [0.5, 0.6) is 0 Å². The first-order valence-electron chi connectivity index (χ1n) is 6.51. The van der Waals surface area contributed by atoms with E-state index in [2.05, 4.69) is 10.6 Å². The fourth-order valence-corrected chi connectivity index (χ4v) is 2.38. The standard InChI is InChI=1S/C14H18F2N2O/c1-9-6-10(4-5-17-9)14(19)18-8-11-7-12(15)2-3-13(11)16/h2-3,7,9-10,17H,4-6,8H2,1H3,(H,18,19). The molecule has 1 fully saturated rings. The number of piperidine rings is 1. The lowest BCUT2D eigenvalue weighted by Gasteiger charge is -2.27. The maximum absolute atomic E-state index is 13.4. The van der Waals surface area contributed by atoms with Gasteiger partial charge in [-0.15, -0.1) is 0 Å². The maximum atomic E-state index is 13.4. The van der Waals surface area contributed by atoms with Gasteiger partial charge in [0.2, 0.25) is 5.91 Å². The Morgan fingerprint density at radius 3 is 3.00 bits per heavy atom. The summed E-state index contributed by atoms with van der Waals surface area (Å²) in [5, 5.41) is 5.95. The lowest BCUT2D eigenvalue weighted by molar-refractivity contribution is -0.126. The molecule has 2 unspecified atom stereocenters. The summed E-state index contributed by atoms with van der Waals surface area (Å²) in [6.45, 7) is 2.87. The molecule has 0 aliphatic carbocycles. The number of halogens is 2. The van der Waals surface area contributed by atoms with Gasteiger partial charge in [-0.3, -0.25) is 4.79 Å². The highest BCUT2D eigenvalue weighted by Gasteiger charge is 2.24. The first-order chi connectivity index (χ1) is 9.06. The van der Waals surface area contributed by atoms with Crippen LogP contribution in [0.2, 0.25) is 0 Å². The van der Waals surface area contributed by atoms with Crippen molar-refractivity contribution < 1.29 is 13.6 Å². The third kappa shape index (κ3) is 3.73. The van der Waals surface area contributed by atoms with Gasteiger partial charge in [0.05, 0.1) is 0 Å². The van der Waals surface area contributed by atoms with E-state index in [4.69, 9.17) is 0 Å². The molecule has 0 saturated carbocycles. The molecule has 1 saturated heterocycles. The van der Waals surface area contributed by atoms with E-state index >= 15 is 0 Å². The highest BCUT2D eigenvalue weighted by atomic mass is 19.1. The molecule has 1 aliphatic rings. The highest BCUT2D eigenvalue weighted by Crippen LogP contribution is 2.16. The number of amides is 1. The third-order valence-electron chi connectivity index (χ3n) is 3.46. The van der Waals surface area contributed by atoms with Crippen LogP contribution in [0.15, 0.2) is 18.2 Å². The van der Waals surface area contributed by atoms with E-state index in [1.165, 1.54) is 0 Å². The summed E-state index contributed by atoms with van der Waals surface area (Å²) < 4.78 is 26.4. The molecule has 104 valence electrons. The summed E-state index contributed by atoms with van der Waals surface area (Å²) in [5.41, 5.74) is 0.176. The molecule has 0 aromatic heterocycles. The van der Waals surface area contributed by atoms with Gasteiger partial charge in [-0.2, -0.15) is 0 Å². The van der Waals surface area contributed by atoms with Crippen molar-refractivity contribution in [1.82, 2.24) is 10.6 Å². The topological polar surface area (TPSA) is 41.1 Å². The lowest BCUT2D eigenvalue weighted by atomic mass is 9.92. The molecule has 2 rings (SSSR count). The monoisotopic (exact) mass is 268 g/mol. The second-order valence-corrected chi connectivity index (χ2v) is 5.03. The van der Waals surface area contributed by atoms with E-state index < -0.39 is 11.6 Å². The van der Waals surface area contributed by atoms with Gasteiger partial charge in [-0.1, -0.05) is 0 Å². The molecule has 0 radical (unpaired) electrons. The Morgan fingerprint density at radius 2 is 2.26 bits per heavy atom. The lowest BCUT2D eigenvalue weighted by Crippen LogP contribution is -2.42. The number of hydrogen-bond acceptors (Lipinski definition) is 2. The third-order valence-corrected chi connectivity index (χ3v) is 3.46. The molecule has 1 amide bonds. The largest absolute Gasteiger partial charge is 0.352 e. The Morgan fingerprint density at radius 1 is 1.47 bits per heavy atom. The Kier molecular flexibility index (Phi) is 4.47. The number of nitrogens with one attached hydrogen (secondary N) is 2. The molecule has 5 heteroatoms. The Hall–Kier alpha value is -1.49. The number of rotatable bonds is 3. The highest BCUT2D eigenvalue weighted by molar-refractivity contribution is 5.78. The molecule has 1 aliphatic heterocycles. The van der Waals surface area contributed by atoms with Crippen LogP contribution < -0.4 is 10.6 Å². The van der Waals surface area contributed by atoms with Gasteiger partial charge in [0.15, 0.2) is 0 Å². The molecule has 1 aromatic carbocycles. The summed E-state index contributed by atoms with van der Waals surface area (Å²) in [4.78, 5) is 12.0. The molecule has 0 bridgehead atoms. The molecule has 19 heavy (non-hydrogen) atoms. The zero-order valence-electron chi connectivity index (χ0n) is 10.9. The van der Waals surface area contributed by atoms with Crippen LogP contribution in [0.1, 0.15) is 25.3 Å². The van der Waals surface area contributed by atoms with Gasteiger partial charge in [0.25, 0.3) is 0 Å². The van der Waals surface area contributed by atoms with Crippen LogP contribution in [0.3, 0.4) is 0 Å². The summed E-state index contributed by atoms with van der Waals surface area (Å²) >= 11 is 0. The van der Waals surface area contributed by atoms with Gasteiger partial charge < -0.3 is 10.6 Å². The zero-order valence-corrected chi connectivity index (χ0v) is 10.9. The number of hydrogen-bond donors (Lipinski definition) is 2. The van der Waals surface area contributed by atoms with E-state index in [1.54, 1.807) is 0 Å². The van der Waals surface area contributed by atoms with E-state index in [9.17, 15) is 13.6 Å². The van der Waals surface area contributed by atoms with Crippen molar-refractivity contribution >= 4 is 5.91 Å². The van der Waals surface area contributed by atoms with Gasteiger partial charge in [-0.05, 0) is 44.5 Å². The van der Waals surface area contributed by atoms with Crippen LogP contribution >= 0.6 is 0 Å². The summed E-state index contributed by atoms with van der Waals surface area (Å²) in [5.74, 6) is -1.13. The van der Waals surface area contributed by atoms with Crippen molar-refractivity contribution in [1.29, 1.82) is 0 Å². The predicted octanol–water partition coefficient (Wildman–Crippen LogP) is 1.97. The van der Waals surface area contributed by atoms with Crippen LogP contribution in [0.25, 0.3) is 0 Å². The minimum Gasteiger partial charge on any atom is -0.352 e. The molecular formula is C14H18F2N2O. The molecule has 0 spiro atoms. The second-order valence-electron chi connectivity index (χ2n) is 5.03. The number of carbonyl (C=O) groups excluding carboxylic acids is 1. The van der Waals surface area contributed by atoms with Crippen molar-refractivity contribution in [3.05, 3.63) is 35.4 Å². The fraction of sp³-hybridized carbons (Fsp3) is 0.500. The minimum absolute atomic E-state index is 0.0285. The zero-order chi connectivity index (χ0) is 13.8. The van der Waals surface area contributed by atoms with Gasteiger partial charge in [-0.25, -0.2) is 8.78 Å². The molecule has 1 heterocycles. The van der Waals surface area contributed by atoms with E-state index in [1.807, 2.05) is 6.92 Å². The molecular weight excluding hydrogens is 250 g/mol. The molecule has 1 aromatic rings. The summed E-state index contributed by atoms with van der Waals surface area (Å²) in [6.07, 6.45) is 1.55. The first kappa shape index (κ1) is 13.9. The van der Waals surface area contributed by atoms with Crippen LogP contribution in [0.4, 0.5) is 8.78 Å². The van der Waals surface area contributed by atoms with Crippen molar-refractivity contribution in [2.24, 2.45) is 5.92 Å². The SMILES string of the molecule is CC1CC(C(=O)NCc2cc(F)ccc2F)CCN1. The maximum Gasteiger partial charge on any atom is 0.223 e. The fourth-order valence-electron chi connectivity index (χ4n) is 2.38. The van der Waals surface area contributed by atoms with Gasteiger partial charge >= 0.3 is 0 Å². The molecule has 2 atom stereocenters. The van der Waals surface area contributed by atoms with Gasteiger partial charge in [0.1, 0.15) is 11.6 Å². The van der Waals surface area contributed by atoms with Crippen LogP contribution in [0, 0.1) is 17.6 Å². The molecule has 3 nitrogen and oxygen atoms in total. The predicted molar refractivity (Wildman–Crippen MR) is 68.4 cm³/mol. The summed E-state index contributed by atoms with van der Waals surface area (Å²) in [7, 11) is 0.